The van der Waals surface area contributed by atoms with E-state index in [2.05, 4.69) is 5.32 Å². The predicted molar refractivity (Wildman–Crippen MR) is 82.0 cm³/mol. The van der Waals surface area contributed by atoms with Gasteiger partial charge >= 0.3 is 0 Å². The third kappa shape index (κ3) is 5.85. The van der Waals surface area contributed by atoms with Crippen molar-refractivity contribution in [2.75, 3.05) is 19.4 Å². The first-order valence-corrected chi connectivity index (χ1v) is 8.74. The molecule has 0 bridgehead atoms. The zero-order chi connectivity index (χ0) is 16.1. The van der Waals surface area contributed by atoms with Gasteiger partial charge in [-0.05, 0) is 36.5 Å². The zero-order valence-electron chi connectivity index (χ0n) is 12.7. The molecular weight excluding hydrogens is 290 g/mol. The SMILES string of the molecule is CC(C)(CCCO)CNC(=O)c1cccc(S(C)(=O)=O)c1. The fourth-order valence-corrected chi connectivity index (χ4v) is 2.60. The van der Waals surface area contributed by atoms with Crippen LogP contribution in [0.15, 0.2) is 29.2 Å². The number of carbonyl (C=O) groups excluding carboxylic acids is 1. The molecule has 0 aliphatic heterocycles. The number of aliphatic hydroxyl groups is 1. The van der Waals surface area contributed by atoms with Gasteiger partial charge in [0.25, 0.3) is 5.91 Å². The van der Waals surface area contributed by atoms with Crippen LogP contribution in [0.5, 0.6) is 0 Å². The summed E-state index contributed by atoms with van der Waals surface area (Å²) >= 11 is 0. The van der Waals surface area contributed by atoms with Crippen LogP contribution in [0.2, 0.25) is 0 Å². The van der Waals surface area contributed by atoms with Crippen molar-refractivity contribution in [2.24, 2.45) is 5.41 Å². The summed E-state index contributed by atoms with van der Waals surface area (Å²) in [7, 11) is -3.32. The number of nitrogens with one attached hydrogen (secondary N) is 1. The van der Waals surface area contributed by atoms with Gasteiger partial charge in [-0.15, -0.1) is 0 Å². The summed E-state index contributed by atoms with van der Waals surface area (Å²) in [6.45, 7) is 4.62. The Hall–Kier alpha value is -1.40. The van der Waals surface area contributed by atoms with Crippen LogP contribution >= 0.6 is 0 Å². The quantitative estimate of drug-likeness (QED) is 0.801. The van der Waals surface area contributed by atoms with E-state index in [4.69, 9.17) is 5.11 Å². The molecule has 1 aromatic carbocycles. The largest absolute Gasteiger partial charge is 0.396 e. The predicted octanol–water partition coefficient (Wildman–Crippen LogP) is 1.62. The molecule has 0 radical (unpaired) electrons. The third-order valence-electron chi connectivity index (χ3n) is 3.26. The number of amides is 1. The van der Waals surface area contributed by atoms with Crippen molar-refractivity contribution in [3.05, 3.63) is 29.8 Å². The second-order valence-corrected chi connectivity index (χ2v) is 7.99. The minimum absolute atomic E-state index is 0.118. The van der Waals surface area contributed by atoms with Gasteiger partial charge in [-0.2, -0.15) is 0 Å². The molecule has 0 unspecified atom stereocenters. The van der Waals surface area contributed by atoms with Gasteiger partial charge in [-0.1, -0.05) is 19.9 Å². The molecule has 0 atom stereocenters. The van der Waals surface area contributed by atoms with Crippen LogP contribution in [0.4, 0.5) is 0 Å². The Balaban J connectivity index is 2.73. The number of rotatable bonds is 7. The van der Waals surface area contributed by atoms with Crippen molar-refractivity contribution in [3.8, 4) is 0 Å². The minimum atomic E-state index is -3.32. The molecule has 0 spiro atoms. The van der Waals surface area contributed by atoms with E-state index in [0.29, 0.717) is 18.5 Å². The Morgan fingerprint density at radius 2 is 2.00 bits per heavy atom. The normalized spacial score (nSPS) is 12.2. The lowest BCUT2D eigenvalue weighted by molar-refractivity contribution is 0.0932. The lowest BCUT2D eigenvalue weighted by atomic mass is 9.88. The van der Waals surface area contributed by atoms with Crippen LogP contribution in [0.1, 0.15) is 37.0 Å². The number of benzene rings is 1. The highest BCUT2D eigenvalue weighted by molar-refractivity contribution is 7.90. The monoisotopic (exact) mass is 313 g/mol. The van der Waals surface area contributed by atoms with Crippen molar-refractivity contribution in [2.45, 2.75) is 31.6 Å². The Kier molecular flexibility index (Phi) is 5.92. The molecular formula is C15H23NO4S. The molecule has 1 amide bonds. The summed E-state index contributed by atoms with van der Waals surface area (Å²) in [5.41, 5.74) is 0.211. The van der Waals surface area contributed by atoms with Gasteiger partial charge in [0.05, 0.1) is 4.90 Å². The standard InChI is InChI=1S/C15H23NO4S/c1-15(2,8-5-9-17)11-16-14(18)12-6-4-7-13(10-12)21(3,19)20/h4,6-7,10,17H,5,8-9,11H2,1-3H3,(H,16,18). The van der Waals surface area contributed by atoms with E-state index < -0.39 is 9.84 Å². The summed E-state index contributed by atoms with van der Waals surface area (Å²) < 4.78 is 23.0. The van der Waals surface area contributed by atoms with Gasteiger partial charge in [0.1, 0.15) is 0 Å². The highest BCUT2D eigenvalue weighted by Gasteiger charge is 2.19. The first-order chi connectivity index (χ1) is 9.65. The molecule has 118 valence electrons. The Morgan fingerprint density at radius 3 is 2.57 bits per heavy atom. The molecule has 0 aliphatic rings. The zero-order valence-corrected chi connectivity index (χ0v) is 13.5. The van der Waals surface area contributed by atoms with E-state index in [0.717, 1.165) is 12.7 Å². The van der Waals surface area contributed by atoms with Crippen LogP contribution in [0, 0.1) is 5.41 Å². The lowest BCUT2D eigenvalue weighted by Gasteiger charge is -2.24. The molecule has 0 aliphatic carbocycles. The average Bonchev–Trinajstić information content (AvgIpc) is 2.42. The molecule has 5 nitrogen and oxygen atoms in total. The number of sulfone groups is 1. The lowest BCUT2D eigenvalue weighted by Crippen LogP contribution is -2.34. The van der Waals surface area contributed by atoms with E-state index >= 15 is 0 Å². The molecule has 0 heterocycles. The van der Waals surface area contributed by atoms with E-state index in [1.54, 1.807) is 12.1 Å². The maximum atomic E-state index is 12.1. The molecule has 6 heteroatoms. The number of carbonyl (C=O) groups is 1. The van der Waals surface area contributed by atoms with Crippen molar-refractivity contribution in [1.82, 2.24) is 5.32 Å². The topological polar surface area (TPSA) is 83.5 Å². The summed E-state index contributed by atoms with van der Waals surface area (Å²) in [5, 5.41) is 11.7. The minimum Gasteiger partial charge on any atom is -0.396 e. The van der Waals surface area contributed by atoms with Crippen LogP contribution in [0.25, 0.3) is 0 Å². The summed E-state index contributed by atoms with van der Waals surface area (Å²) in [6.07, 6.45) is 2.60. The van der Waals surface area contributed by atoms with Crippen LogP contribution in [-0.2, 0) is 9.84 Å². The second-order valence-electron chi connectivity index (χ2n) is 5.97. The Morgan fingerprint density at radius 1 is 1.33 bits per heavy atom. The van der Waals surface area contributed by atoms with Gasteiger partial charge in [-0.3, -0.25) is 4.79 Å². The van der Waals surface area contributed by atoms with Crippen LogP contribution < -0.4 is 5.32 Å². The second kappa shape index (κ2) is 7.04. The van der Waals surface area contributed by atoms with Crippen molar-refractivity contribution >= 4 is 15.7 Å². The maximum Gasteiger partial charge on any atom is 0.251 e. The van der Waals surface area contributed by atoms with Crippen LogP contribution in [-0.4, -0.2) is 38.8 Å². The van der Waals surface area contributed by atoms with Gasteiger partial charge < -0.3 is 10.4 Å². The fraction of sp³-hybridized carbons (Fsp3) is 0.533. The number of aliphatic hydroxyl groups excluding tert-OH is 1. The van der Waals surface area contributed by atoms with E-state index in [1.807, 2.05) is 13.8 Å². The van der Waals surface area contributed by atoms with Crippen LogP contribution in [0.3, 0.4) is 0 Å². The third-order valence-corrected chi connectivity index (χ3v) is 4.37. The summed E-state index contributed by atoms with van der Waals surface area (Å²) in [4.78, 5) is 12.2. The van der Waals surface area contributed by atoms with E-state index in [-0.39, 0.29) is 22.8 Å². The van der Waals surface area contributed by atoms with Crippen molar-refractivity contribution in [1.29, 1.82) is 0 Å². The van der Waals surface area contributed by atoms with E-state index in [9.17, 15) is 13.2 Å². The fourth-order valence-electron chi connectivity index (χ4n) is 1.94. The highest BCUT2D eigenvalue weighted by Crippen LogP contribution is 2.21. The average molecular weight is 313 g/mol. The number of hydrogen-bond donors (Lipinski definition) is 2. The first-order valence-electron chi connectivity index (χ1n) is 6.85. The Labute approximate surface area is 126 Å². The van der Waals surface area contributed by atoms with Crippen molar-refractivity contribution in [3.63, 3.8) is 0 Å². The molecule has 2 N–H and O–H groups in total. The molecule has 0 saturated heterocycles. The van der Waals surface area contributed by atoms with Gasteiger partial charge in [0, 0.05) is 25.0 Å². The summed E-state index contributed by atoms with van der Waals surface area (Å²) in [5.74, 6) is -0.294. The van der Waals surface area contributed by atoms with Gasteiger partial charge in [0.2, 0.25) is 0 Å². The van der Waals surface area contributed by atoms with Gasteiger partial charge in [0.15, 0.2) is 9.84 Å². The molecule has 1 rings (SSSR count). The molecule has 21 heavy (non-hydrogen) atoms. The Bertz CT molecular complexity index is 593. The van der Waals surface area contributed by atoms with Crippen molar-refractivity contribution < 1.29 is 18.3 Å². The maximum absolute atomic E-state index is 12.1. The van der Waals surface area contributed by atoms with E-state index in [1.165, 1.54) is 12.1 Å². The smallest absolute Gasteiger partial charge is 0.251 e. The van der Waals surface area contributed by atoms with Gasteiger partial charge in [-0.25, -0.2) is 8.42 Å². The highest BCUT2D eigenvalue weighted by atomic mass is 32.2. The first kappa shape index (κ1) is 17.7. The molecule has 0 saturated carbocycles. The molecule has 1 aromatic rings. The number of hydrogen-bond acceptors (Lipinski definition) is 4. The molecule has 0 aromatic heterocycles. The molecule has 0 fully saturated rings. The summed E-state index contributed by atoms with van der Waals surface area (Å²) in [6, 6.07) is 6.00.